The van der Waals surface area contributed by atoms with Crippen LogP contribution in [0, 0.1) is 11.6 Å². The van der Waals surface area contributed by atoms with Crippen LogP contribution in [0.15, 0.2) is 47.8 Å². The molecule has 0 atom stereocenters. The lowest BCUT2D eigenvalue weighted by Gasteiger charge is -2.10. The molecule has 0 spiro atoms. The molecule has 1 N–H and O–H groups in total. The summed E-state index contributed by atoms with van der Waals surface area (Å²) in [5.41, 5.74) is 1.47. The molecule has 2 aromatic carbocycles. The molecule has 1 amide bonds. The molecule has 0 unspecified atom stereocenters. The van der Waals surface area contributed by atoms with Gasteiger partial charge in [-0.05, 0) is 49.2 Å². The van der Waals surface area contributed by atoms with Crippen molar-refractivity contribution in [3.63, 3.8) is 0 Å². The first kappa shape index (κ1) is 22.4. The number of ether oxygens (including phenoxy) is 2. The number of carbonyl (C=O) groups is 2. The van der Waals surface area contributed by atoms with E-state index in [1.54, 1.807) is 24.4 Å². The first-order valence-electron chi connectivity index (χ1n) is 9.72. The van der Waals surface area contributed by atoms with Gasteiger partial charge in [0.1, 0.15) is 16.3 Å². The van der Waals surface area contributed by atoms with E-state index in [0.29, 0.717) is 17.9 Å². The van der Waals surface area contributed by atoms with Crippen LogP contribution in [0.1, 0.15) is 41.0 Å². The van der Waals surface area contributed by atoms with Crippen LogP contribution in [0.2, 0.25) is 0 Å². The molecular weight excluding hydrogens is 424 g/mol. The average molecular weight is 445 g/mol. The molecule has 1 heterocycles. The minimum Gasteiger partial charge on any atom is -0.494 e. The molecule has 0 bridgehead atoms. The lowest BCUT2D eigenvalue weighted by Crippen LogP contribution is -2.15. The van der Waals surface area contributed by atoms with Gasteiger partial charge in [-0.2, -0.15) is 0 Å². The van der Waals surface area contributed by atoms with Crippen LogP contribution < -0.4 is 10.1 Å². The highest BCUT2D eigenvalue weighted by molar-refractivity contribution is 7.15. The highest BCUT2D eigenvalue weighted by atomic mass is 32.1. The Kier molecular flexibility index (Phi) is 7.36. The second-order valence-electron chi connectivity index (χ2n) is 6.53. The predicted octanol–water partition coefficient (Wildman–Crippen LogP) is 5.91. The van der Waals surface area contributed by atoms with E-state index in [9.17, 15) is 18.4 Å². The standard InChI is InChI=1S/C23H21F2NO4S/c1-3-11-30-16-8-5-14(6-9-16)17-13-31-22(20(17)23(28)29-4-2)26-21(27)15-7-10-18(24)19(25)12-15/h5-10,12-13H,3-4,11H2,1-2H3,(H,26,27). The maximum absolute atomic E-state index is 13.5. The molecule has 0 aliphatic heterocycles. The molecule has 3 aromatic rings. The quantitative estimate of drug-likeness (QED) is 0.438. The van der Waals surface area contributed by atoms with Crippen molar-refractivity contribution in [2.75, 3.05) is 18.5 Å². The molecule has 8 heteroatoms. The summed E-state index contributed by atoms with van der Waals surface area (Å²) in [7, 11) is 0. The SMILES string of the molecule is CCCOc1ccc(-c2csc(NC(=O)c3ccc(F)c(F)c3)c2C(=O)OCC)cc1. The van der Waals surface area contributed by atoms with Crippen LogP contribution >= 0.6 is 11.3 Å². The number of nitrogens with one attached hydrogen (secondary N) is 1. The molecular formula is C23H21F2NO4S. The average Bonchev–Trinajstić information content (AvgIpc) is 3.18. The maximum Gasteiger partial charge on any atom is 0.341 e. The Morgan fingerprint density at radius 2 is 1.77 bits per heavy atom. The van der Waals surface area contributed by atoms with Gasteiger partial charge in [0.15, 0.2) is 11.6 Å². The summed E-state index contributed by atoms with van der Waals surface area (Å²) in [4.78, 5) is 25.2. The van der Waals surface area contributed by atoms with Crippen molar-refractivity contribution in [3.05, 3.63) is 70.6 Å². The third-order valence-corrected chi connectivity index (χ3v) is 5.21. The number of amides is 1. The van der Waals surface area contributed by atoms with Gasteiger partial charge in [-0.25, -0.2) is 13.6 Å². The number of hydrogen-bond acceptors (Lipinski definition) is 5. The summed E-state index contributed by atoms with van der Waals surface area (Å²) >= 11 is 1.14. The van der Waals surface area contributed by atoms with E-state index < -0.39 is 23.5 Å². The van der Waals surface area contributed by atoms with E-state index >= 15 is 0 Å². The molecule has 0 saturated carbocycles. The van der Waals surface area contributed by atoms with E-state index in [0.717, 1.165) is 35.5 Å². The number of rotatable bonds is 8. The summed E-state index contributed by atoms with van der Waals surface area (Å²) in [5.74, 6) is -2.72. The first-order valence-corrected chi connectivity index (χ1v) is 10.6. The van der Waals surface area contributed by atoms with E-state index in [1.165, 1.54) is 6.07 Å². The highest BCUT2D eigenvalue weighted by Crippen LogP contribution is 2.37. The van der Waals surface area contributed by atoms with Crippen LogP contribution in [0.4, 0.5) is 13.8 Å². The summed E-state index contributed by atoms with van der Waals surface area (Å²) in [5, 5.41) is 4.60. The first-order chi connectivity index (χ1) is 14.9. The molecule has 0 aliphatic carbocycles. The van der Waals surface area contributed by atoms with Crippen LogP contribution in [-0.4, -0.2) is 25.1 Å². The predicted molar refractivity (Wildman–Crippen MR) is 116 cm³/mol. The smallest absolute Gasteiger partial charge is 0.341 e. The summed E-state index contributed by atoms with van der Waals surface area (Å²) in [6.07, 6.45) is 0.889. The number of hydrogen-bond donors (Lipinski definition) is 1. The number of thiophene rings is 1. The fourth-order valence-corrected chi connectivity index (χ4v) is 3.78. The maximum atomic E-state index is 13.5. The van der Waals surface area contributed by atoms with Gasteiger partial charge in [0.2, 0.25) is 0 Å². The number of benzene rings is 2. The van der Waals surface area contributed by atoms with Crippen molar-refractivity contribution in [1.82, 2.24) is 0 Å². The third-order valence-electron chi connectivity index (χ3n) is 4.32. The lowest BCUT2D eigenvalue weighted by atomic mass is 10.0. The number of anilines is 1. The molecule has 0 aliphatic rings. The Hall–Kier alpha value is -3.26. The van der Waals surface area contributed by atoms with Gasteiger partial charge in [0, 0.05) is 16.5 Å². The van der Waals surface area contributed by atoms with E-state index in [1.807, 2.05) is 19.1 Å². The number of esters is 1. The van der Waals surface area contributed by atoms with Gasteiger partial charge in [-0.1, -0.05) is 19.1 Å². The van der Waals surface area contributed by atoms with Crippen molar-refractivity contribution >= 4 is 28.2 Å². The van der Waals surface area contributed by atoms with Gasteiger partial charge in [-0.15, -0.1) is 11.3 Å². The van der Waals surface area contributed by atoms with Crippen LogP contribution in [-0.2, 0) is 4.74 Å². The fraction of sp³-hybridized carbons (Fsp3) is 0.217. The minimum absolute atomic E-state index is 0.0684. The van der Waals surface area contributed by atoms with Crippen molar-refractivity contribution in [2.45, 2.75) is 20.3 Å². The molecule has 1 aromatic heterocycles. The topological polar surface area (TPSA) is 64.6 Å². The Bertz CT molecular complexity index is 1080. The molecule has 0 radical (unpaired) electrons. The number of carbonyl (C=O) groups excluding carboxylic acids is 2. The Morgan fingerprint density at radius 3 is 2.42 bits per heavy atom. The van der Waals surface area contributed by atoms with Gasteiger partial charge < -0.3 is 14.8 Å². The normalized spacial score (nSPS) is 10.6. The van der Waals surface area contributed by atoms with Crippen LogP contribution in [0.3, 0.4) is 0 Å². The van der Waals surface area contributed by atoms with E-state index in [-0.39, 0.29) is 22.7 Å². The molecule has 0 saturated heterocycles. The highest BCUT2D eigenvalue weighted by Gasteiger charge is 2.23. The third kappa shape index (κ3) is 5.27. The summed E-state index contributed by atoms with van der Waals surface area (Å²) in [6, 6.07) is 10.1. The number of halogens is 2. The largest absolute Gasteiger partial charge is 0.494 e. The van der Waals surface area contributed by atoms with Crippen LogP contribution in [0.25, 0.3) is 11.1 Å². The summed E-state index contributed by atoms with van der Waals surface area (Å²) < 4.78 is 37.4. The van der Waals surface area contributed by atoms with Gasteiger partial charge in [-0.3, -0.25) is 4.79 Å². The van der Waals surface area contributed by atoms with Gasteiger partial charge >= 0.3 is 5.97 Å². The minimum atomic E-state index is -1.13. The van der Waals surface area contributed by atoms with Crippen LogP contribution in [0.5, 0.6) is 5.75 Å². The lowest BCUT2D eigenvalue weighted by molar-refractivity contribution is 0.0529. The van der Waals surface area contributed by atoms with Crippen molar-refractivity contribution in [2.24, 2.45) is 0 Å². The van der Waals surface area contributed by atoms with Crippen molar-refractivity contribution in [3.8, 4) is 16.9 Å². The Labute approximate surface area is 182 Å². The van der Waals surface area contributed by atoms with E-state index in [4.69, 9.17) is 9.47 Å². The second kappa shape index (κ2) is 10.2. The Morgan fingerprint density at radius 1 is 1.03 bits per heavy atom. The second-order valence-corrected chi connectivity index (χ2v) is 7.41. The van der Waals surface area contributed by atoms with E-state index in [2.05, 4.69) is 5.32 Å². The fourth-order valence-electron chi connectivity index (χ4n) is 2.83. The molecule has 5 nitrogen and oxygen atoms in total. The van der Waals surface area contributed by atoms with Gasteiger partial charge in [0.05, 0.1) is 13.2 Å². The monoisotopic (exact) mass is 445 g/mol. The molecule has 31 heavy (non-hydrogen) atoms. The molecule has 0 fully saturated rings. The molecule has 162 valence electrons. The summed E-state index contributed by atoms with van der Waals surface area (Å²) in [6.45, 7) is 4.46. The molecule has 3 rings (SSSR count). The van der Waals surface area contributed by atoms with Crippen molar-refractivity contribution < 1.29 is 27.8 Å². The van der Waals surface area contributed by atoms with Crippen molar-refractivity contribution in [1.29, 1.82) is 0 Å². The van der Waals surface area contributed by atoms with Gasteiger partial charge in [0.25, 0.3) is 5.91 Å². The Balaban J connectivity index is 1.92. The zero-order chi connectivity index (χ0) is 22.4. The zero-order valence-corrected chi connectivity index (χ0v) is 17.9. The zero-order valence-electron chi connectivity index (χ0n) is 17.0.